The zero-order chi connectivity index (χ0) is 17.1. The number of ether oxygens (including phenoxy) is 1. The minimum atomic E-state index is -0.698. The summed E-state index contributed by atoms with van der Waals surface area (Å²) >= 11 is 0. The molecule has 4 rings (SSSR count). The first-order valence-electron chi connectivity index (χ1n) is 9.34. The molecule has 0 bridgehead atoms. The van der Waals surface area contributed by atoms with E-state index in [4.69, 9.17) is 4.74 Å². The maximum atomic E-state index is 11.7. The van der Waals surface area contributed by atoms with Gasteiger partial charge in [0.2, 0.25) is 0 Å². The van der Waals surface area contributed by atoms with E-state index in [1.807, 2.05) is 0 Å². The first kappa shape index (κ1) is 16.1. The summed E-state index contributed by atoms with van der Waals surface area (Å²) in [6, 6.07) is 6.52. The van der Waals surface area contributed by atoms with Gasteiger partial charge < -0.3 is 9.84 Å². The molecule has 1 N–H and O–H groups in total. The number of fused-ring (bicyclic) bond motifs is 5. The lowest BCUT2D eigenvalue weighted by atomic mass is 9.53. The van der Waals surface area contributed by atoms with Gasteiger partial charge in [-0.25, -0.2) is 0 Å². The molecule has 130 valence electrons. The smallest absolute Gasteiger partial charge is 0.302 e. The third kappa shape index (κ3) is 2.17. The van der Waals surface area contributed by atoms with Gasteiger partial charge in [-0.15, -0.1) is 0 Å². The molecule has 5 atom stereocenters. The molecule has 0 radical (unpaired) electrons. The van der Waals surface area contributed by atoms with Crippen LogP contribution in [0.5, 0.6) is 0 Å². The monoisotopic (exact) mass is 328 g/mol. The average molecular weight is 328 g/mol. The van der Waals surface area contributed by atoms with E-state index in [1.54, 1.807) is 0 Å². The molecule has 0 amide bonds. The summed E-state index contributed by atoms with van der Waals surface area (Å²) in [7, 11) is 0. The fourth-order valence-electron chi connectivity index (χ4n) is 6.05. The molecule has 3 aliphatic carbocycles. The fourth-order valence-corrected chi connectivity index (χ4v) is 6.05. The van der Waals surface area contributed by atoms with Gasteiger partial charge in [0.25, 0.3) is 0 Å². The SMILES string of the molecule is CC(=O)O[C@H]1CC[C@H]2[C@@H]3CCc4cc(C)ccc4[C@@]3(O)CC[C@]12C. The number of carbonyl (C=O) groups is 1. The number of carbonyl (C=O) groups excluding carboxylic acids is 1. The summed E-state index contributed by atoms with van der Waals surface area (Å²) in [5.41, 5.74) is 3.07. The summed E-state index contributed by atoms with van der Waals surface area (Å²) in [6.45, 7) is 5.91. The standard InChI is InChI=1S/C21H28O3/c1-13-4-6-16-15(12-13)5-7-18-17-8-9-19(24-14(2)22)20(17,3)10-11-21(16,18)23/h4,6,12,17-19,23H,5,7-11H2,1-3H3/t17-,18-,19-,20-,21-/m0/s1. The highest BCUT2D eigenvalue weighted by atomic mass is 16.5. The van der Waals surface area contributed by atoms with Crippen molar-refractivity contribution in [3.05, 3.63) is 34.9 Å². The van der Waals surface area contributed by atoms with Crippen molar-refractivity contribution < 1.29 is 14.6 Å². The maximum absolute atomic E-state index is 11.7. The number of hydrogen-bond donors (Lipinski definition) is 1. The Bertz CT molecular complexity index is 682. The molecule has 0 saturated heterocycles. The number of aryl methyl sites for hydroxylation is 2. The molecule has 0 aliphatic heterocycles. The molecule has 0 spiro atoms. The van der Waals surface area contributed by atoms with Gasteiger partial charge in [-0.1, -0.05) is 30.7 Å². The Kier molecular flexibility index (Phi) is 3.58. The Morgan fingerprint density at radius 3 is 2.75 bits per heavy atom. The Labute approximate surface area is 144 Å². The van der Waals surface area contributed by atoms with Crippen molar-refractivity contribution >= 4 is 5.97 Å². The summed E-state index contributed by atoms with van der Waals surface area (Å²) in [4.78, 5) is 11.5. The molecule has 3 aliphatic rings. The van der Waals surface area contributed by atoms with Crippen LogP contribution in [0.4, 0.5) is 0 Å². The highest BCUT2D eigenvalue weighted by Crippen LogP contribution is 2.62. The van der Waals surface area contributed by atoms with E-state index in [0.717, 1.165) is 44.1 Å². The predicted octanol–water partition coefficient (Wildman–Crippen LogP) is 3.89. The summed E-state index contributed by atoms with van der Waals surface area (Å²) in [6.07, 6.45) is 5.81. The summed E-state index contributed by atoms with van der Waals surface area (Å²) in [5.74, 6) is 0.550. The molecule has 2 fully saturated rings. The largest absolute Gasteiger partial charge is 0.462 e. The fraction of sp³-hybridized carbons (Fsp3) is 0.667. The quantitative estimate of drug-likeness (QED) is 0.796. The molecule has 3 nitrogen and oxygen atoms in total. The van der Waals surface area contributed by atoms with Crippen LogP contribution in [0.1, 0.15) is 62.6 Å². The van der Waals surface area contributed by atoms with Gasteiger partial charge in [0.05, 0.1) is 5.60 Å². The van der Waals surface area contributed by atoms with Gasteiger partial charge in [-0.2, -0.15) is 0 Å². The second kappa shape index (κ2) is 5.32. The van der Waals surface area contributed by atoms with Crippen LogP contribution in [-0.4, -0.2) is 17.2 Å². The van der Waals surface area contributed by atoms with E-state index >= 15 is 0 Å². The Hall–Kier alpha value is -1.35. The summed E-state index contributed by atoms with van der Waals surface area (Å²) < 4.78 is 5.66. The van der Waals surface area contributed by atoms with E-state index in [1.165, 1.54) is 18.1 Å². The first-order valence-corrected chi connectivity index (χ1v) is 9.34. The van der Waals surface area contributed by atoms with Crippen LogP contribution in [-0.2, 0) is 21.6 Å². The van der Waals surface area contributed by atoms with Crippen LogP contribution in [0, 0.1) is 24.2 Å². The second-order valence-electron chi connectivity index (χ2n) is 8.52. The van der Waals surface area contributed by atoms with Gasteiger partial charge in [0.15, 0.2) is 0 Å². The van der Waals surface area contributed by atoms with Crippen LogP contribution in [0.15, 0.2) is 18.2 Å². The average Bonchev–Trinajstić information content (AvgIpc) is 2.83. The first-order chi connectivity index (χ1) is 11.3. The molecule has 2 saturated carbocycles. The van der Waals surface area contributed by atoms with Gasteiger partial charge in [0, 0.05) is 12.3 Å². The van der Waals surface area contributed by atoms with E-state index < -0.39 is 5.60 Å². The highest BCUT2D eigenvalue weighted by molar-refractivity contribution is 5.66. The molecule has 0 aromatic heterocycles. The normalized spacial score (nSPS) is 40.4. The van der Waals surface area contributed by atoms with Crippen LogP contribution < -0.4 is 0 Å². The van der Waals surface area contributed by atoms with Crippen LogP contribution >= 0.6 is 0 Å². The van der Waals surface area contributed by atoms with Crippen molar-refractivity contribution in [2.75, 3.05) is 0 Å². The van der Waals surface area contributed by atoms with Gasteiger partial charge >= 0.3 is 5.97 Å². The van der Waals surface area contributed by atoms with Crippen molar-refractivity contribution in [2.24, 2.45) is 17.3 Å². The molecule has 3 heteroatoms. The Morgan fingerprint density at radius 2 is 2.00 bits per heavy atom. The van der Waals surface area contributed by atoms with Gasteiger partial charge in [-0.05, 0) is 68.4 Å². The van der Waals surface area contributed by atoms with E-state index in [-0.39, 0.29) is 23.4 Å². The topological polar surface area (TPSA) is 46.5 Å². The van der Waals surface area contributed by atoms with E-state index in [2.05, 4.69) is 32.0 Å². The van der Waals surface area contributed by atoms with Crippen LogP contribution in [0.25, 0.3) is 0 Å². The lowest BCUT2D eigenvalue weighted by Gasteiger charge is -2.54. The van der Waals surface area contributed by atoms with Crippen molar-refractivity contribution in [2.45, 2.75) is 71.0 Å². The molecule has 0 unspecified atom stereocenters. The molecule has 1 aromatic rings. The van der Waals surface area contributed by atoms with Crippen LogP contribution in [0.2, 0.25) is 0 Å². The number of rotatable bonds is 1. The minimum Gasteiger partial charge on any atom is -0.462 e. The zero-order valence-corrected chi connectivity index (χ0v) is 15.0. The van der Waals surface area contributed by atoms with Crippen molar-refractivity contribution in [1.29, 1.82) is 0 Å². The summed E-state index contributed by atoms with van der Waals surface area (Å²) in [5, 5.41) is 11.7. The lowest BCUT2D eigenvalue weighted by molar-refractivity contribution is -0.167. The number of hydrogen-bond acceptors (Lipinski definition) is 3. The molecular weight excluding hydrogens is 300 g/mol. The molecule has 0 heterocycles. The molecular formula is C21H28O3. The Balaban J connectivity index is 1.69. The number of benzene rings is 1. The van der Waals surface area contributed by atoms with Crippen LogP contribution in [0.3, 0.4) is 0 Å². The van der Waals surface area contributed by atoms with Gasteiger partial charge in [-0.3, -0.25) is 4.79 Å². The van der Waals surface area contributed by atoms with E-state index in [0.29, 0.717) is 5.92 Å². The second-order valence-corrected chi connectivity index (χ2v) is 8.52. The van der Waals surface area contributed by atoms with Crippen molar-refractivity contribution in [3.8, 4) is 0 Å². The molecule has 1 aromatic carbocycles. The number of aliphatic hydroxyl groups is 1. The van der Waals surface area contributed by atoms with E-state index in [9.17, 15) is 9.90 Å². The zero-order valence-electron chi connectivity index (χ0n) is 15.0. The maximum Gasteiger partial charge on any atom is 0.302 e. The highest BCUT2D eigenvalue weighted by Gasteiger charge is 2.60. The third-order valence-corrected chi connectivity index (χ3v) is 7.23. The molecule has 24 heavy (non-hydrogen) atoms. The van der Waals surface area contributed by atoms with Crippen molar-refractivity contribution in [3.63, 3.8) is 0 Å². The Morgan fingerprint density at radius 1 is 1.21 bits per heavy atom. The predicted molar refractivity (Wildman–Crippen MR) is 92.5 cm³/mol. The van der Waals surface area contributed by atoms with Crippen molar-refractivity contribution in [1.82, 2.24) is 0 Å². The lowest BCUT2D eigenvalue weighted by Crippen LogP contribution is -2.53. The third-order valence-electron chi connectivity index (χ3n) is 7.23. The minimum absolute atomic E-state index is 0.0176. The van der Waals surface area contributed by atoms with Gasteiger partial charge in [0.1, 0.15) is 6.10 Å². The number of esters is 1.